The molecule has 6 nitrogen and oxygen atoms in total. The normalized spacial score (nSPS) is 27.8. The molecule has 1 aliphatic carbocycles. The van der Waals surface area contributed by atoms with Crippen molar-refractivity contribution in [2.75, 3.05) is 26.7 Å². The van der Waals surface area contributed by atoms with Crippen molar-refractivity contribution in [2.45, 2.75) is 44.5 Å². The molecule has 2 atom stereocenters. The summed E-state index contributed by atoms with van der Waals surface area (Å²) in [5.74, 6) is 0. The van der Waals surface area contributed by atoms with Crippen LogP contribution >= 0.6 is 11.6 Å². The van der Waals surface area contributed by atoms with Gasteiger partial charge in [0.25, 0.3) is 0 Å². The van der Waals surface area contributed by atoms with Crippen LogP contribution in [0.2, 0.25) is 0 Å². The van der Waals surface area contributed by atoms with E-state index < -0.39 is 0 Å². The van der Waals surface area contributed by atoms with E-state index in [9.17, 15) is 0 Å². The van der Waals surface area contributed by atoms with Crippen LogP contribution in [-0.4, -0.2) is 58.7 Å². The highest BCUT2D eigenvalue weighted by molar-refractivity contribution is 6.31. The lowest BCUT2D eigenvalue weighted by molar-refractivity contribution is 0.0309. The molecule has 0 bridgehead atoms. The maximum Gasteiger partial charge on any atom is 0.193 e. The van der Waals surface area contributed by atoms with E-state index in [0.717, 1.165) is 37.6 Å². The minimum Gasteiger partial charge on any atom is -0.474 e. The van der Waals surface area contributed by atoms with E-state index in [0.29, 0.717) is 0 Å². The molecule has 3 aliphatic heterocycles. The van der Waals surface area contributed by atoms with Crippen molar-refractivity contribution in [2.24, 2.45) is 0 Å². The average molecular weight is 388 g/mol. The summed E-state index contributed by atoms with van der Waals surface area (Å²) in [7, 11) is 2.01. The number of hydrogen-bond donors (Lipinski definition) is 1. The van der Waals surface area contributed by atoms with Crippen molar-refractivity contribution in [3.8, 4) is 0 Å². The molecule has 4 aliphatic rings. The van der Waals surface area contributed by atoms with E-state index >= 15 is 0 Å². The van der Waals surface area contributed by atoms with E-state index in [2.05, 4.69) is 32.5 Å². The van der Waals surface area contributed by atoms with Gasteiger partial charge in [-0.2, -0.15) is 0 Å². The number of halogens is 1. The van der Waals surface area contributed by atoms with Gasteiger partial charge in [0.15, 0.2) is 6.23 Å². The third-order valence-electron chi connectivity index (χ3n) is 6.02. The van der Waals surface area contributed by atoms with Gasteiger partial charge in [-0.25, -0.2) is 5.43 Å². The number of fused-ring (bicyclic) bond motifs is 2. The van der Waals surface area contributed by atoms with Crippen LogP contribution in [0.3, 0.4) is 0 Å². The first kappa shape index (κ1) is 17.3. The molecule has 5 rings (SSSR count). The van der Waals surface area contributed by atoms with Gasteiger partial charge < -0.3 is 14.6 Å². The fraction of sp³-hybridized carbons (Fsp3) is 0.550. The topological polar surface area (TPSA) is 43.9 Å². The lowest BCUT2D eigenvalue weighted by Gasteiger charge is -2.35. The first-order valence-electron chi connectivity index (χ1n) is 9.84. The summed E-state index contributed by atoms with van der Waals surface area (Å²) >= 11 is 6.76. The van der Waals surface area contributed by atoms with Gasteiger partial charge in [0.1, 0.15) is 12.3 Å². The Bertz CT molecular complexity index is 795. The molecule has 1 aromatic rings. The number of ether oxygens (including phenoxy) is 1. The van der Waals surface area contributed by atoms with Crippen molar-refractivity contribution in [3.63, 3.8) is 0 Å². The van der Waals surface area contributed by atoms with Gasteiger partial charge in [0.2, 0.25) is 0 Å². The average Bonchev–Trinajstić information content (AvgIpc) is 3.25. The van der Waals surface area contributed by atoms with Crippen molar-refractivity contribution in [1.29, 1.82) is 0 Å². The Morgan fingerprint density at radius 1 is 1.30 bits per heavy atom. The third kappa shape index (κ3) is 3.20. The highest BCUT2D eigenvalue weighted by Crippen LogP contribution is 2.32. The molecular weight excluding hydrogens is 362 g/mol. The zero-order chi connectivity index (χ0) is 18.4. The van der Waals surface area contributed by atoms with Crippen molar-refractivity contribution >= 4 is 11.6 Å². The van der Waals surface area contributed by atoms with E-state index in [1.54, 1.807) is 6.26 Å². The monoisotopic (exact) mass is 387 g/mol. The third-order valence-corrected chi connectivity index (χ3v) is 6.47. The van der Waals surface area contributed by atoms with Crippen molar-refractivity contribution in [1.82, 2.24) is 25.2 Å². The van der Waals surface area contributed by atoms with Crippen LogP contribution in [0.1, 0.15) is 29.7 Å². The van der Waals surface area contributed by atoms with Crippen LogP contribution in [0.25, 0.3) is 0 Å². The fourth-order valence-corrected chi connectivity index (χ4v) is 4.83. The summed E-state index contributed by atoms with van der Waals surface area (Å²) in [6, 6.07) is 2.35. The zero-order valence-corrected chi connectivity index (χ0v) is 16.5. The Hall–Kier alpha value is -1.76. The molecule has 1 aromatic heterocycles. The molecule has 0 saturated carbocycles. The summed E-state index contributed by atoms with van der Waals surface area (Å²) in [5.41, 5.74) is 8.76. The maximum absolute atomic E-state index is 6.76. The molecule has 2 unspecified atom stereocenters. The van der Waals surface area contributed by atoms with Crippen LogP contribution in [0, 0.1) is 0 Å². The highest BCUT2D eigenvalue weighted by atomic mass is 35.5. The summed E-state index contributed by atoms with van der Waals surface area (Å²) in [4.78, 5) is 9.23. The predicted molar refractivity (Wildman–Crippen MR) is 104 cm³/mol. The number of rotatable bonds is 3. The lowest BCUT2D eigenvalue weighted by Crippen LogP contribution is -2.52. The Kier molecular flexibility index (Phi) is 4.50. The molecule has 1 N–H and O–H groups in total. The second kappa shape index (κ2) is 7.00. The summed E-state index contributed by atoms with van der Waals surface area (Å²) in [6.07, 6.45) is 10.5. The second-order valence-corrected chi connectivity index (χ2v) is 8.30. The highest BCUT2D eigenvalue weighted by Gasteiger charge is 2.41. The first-order chi connectivity index (χ1) is 13.2. The van der Waals surface area contributed by atoms with Gasteiger partial charge in [-0.15, -0.1) is 0 Å². The smallest absolute Gasteiger partial charge is 0.193 e. The molecular formula is C20H26ClN5O. The molecule has 4 heterocycles. The van der Waals surface area contributed by atoms with Gasteiger partial charge in [-0.05, 0) is 36.8 Å². The zero-order valence-electron chi connectivity index (χ0n) is 15.7. The van der Waals surface area contributed by atoms with Crippen LogP contribution < -0.4 is 5.43 Å². The molecule has 0 spiro atoms. The number of hydrazine groups is 1. The summed E-state index contributed by atoms with van der Waals surface area (Å²) in [6.45, 7) is 3.70. The first-order valence-corrected chi connectivity index (χ1v) is 10.2. The summed E-state index contributed by atoms with van der Waals surface area (Å²) in [5, 5.41) is 3.06. The van der Waals surface area contributed by atoms with Crippen LogP contribution in [-0.2, 0) is 24.1 Å². The molecule has 0 radical (unpaired) electrons. The molecule has 144 valence electrons. The van der Waals surface area contributed by atoms with Crippen LogP contribution in [0.5, 0.6) is 0 Å². The standard InChI is InChI=1S/C20H26ClN5O/c1-24-8-9-27-20(24)19-18(21)17-13-25(6-7-26(17)23-19)12-14-10-15-4-2-3-5-16(15)22-11-14/h8-11,19-20,23H,2-7,12-13H2,1H3. The second-order valence-electron chi connectivity index (χ2n) is 7.90. The number of piperazine rings is 1. The number of nitrogens with one attached hydrogen (secondary N) is 1. The number of aryl methyl sites for hydroxylation is 2. The van der Waals surface area contributed by atoms with Crippen molar-refractivity contribution < 1.29 is 4.74 Å². The van der Waals surface area contributed by atoms with Crippen LogP contribution in [0.4, 0.5) is 0 Å². The van der Waals surface area contributed by atoms with Gasteiger partial charge in [0.05, 0.1) is 10.7 Å². The lowest BCUT2D eigenvalue weighted by atomic mass is 9.95. The quantitative estimate of drug-likeness (QED) is 0.857. The van der Waals surface area contributed by atoms with Gasteiger partial charge in [0, 0.05) is 51.3 Å². The van der Waals surface area contributed by atoms with E-state index in [1.807, 2.05) is 13.2 Å². The minimum absolute atomic E-state index is 0.0213. The Balaban J connectivity index is 1.29. The number of hydrogen-bond acceptors (Lipinski definition) is 6. The van der Waals surface area contributed by atoms with Gasteiger partial charge in [-0.1, -0.05) is 17.7 Å². The van der Waals surface area contributed by atoms with E-state index in [4.69, 9.17) is 21.3 Å². The maximum atomic E-state index is 6.76. The molecule has 1 saturated heterocycles. The Morgan fingerprint density at radius 2 is 2.19 bits per heavy atom. The number of aromatic nitrogens is 1. The van der Waals surface area contributed by atoms with Crippen LogP contribution in [0.15, 0.2) is 35.5 Å². The van der Waals surface area contributed by atoms with Gasteiger partial charge >= 0.3 is 0 Å². The fourth-order valence-electron chi connectivity index (χ4n) is 4.52. The van der Waals surface area contributed by atoms with E-state index in [-0.39, 0.29) is 12.3 Å². The Labute approximate surface area is 165 Å². The summed E-state index contributed by atoms with van der Waals surface area (Å²) < 4.78 is 5.72. The number of pyridine rings is 1. The molecule has 0 amide bonds. The molecule has 1 fully saturated rings. The molecule has 27 heavy (non-hydrogen) atoms. The number of likely N-dealkylation sites (N-methyl/N-ethyl adjacent to an activating group) is 1. The molecule has 7 heteroatoms. The number of nitrogens with zero attached hydrogens (tertiary/aromatic N) is 4. The minimum atomic E-state index is -0.0890. The van der Waals surface area contributed by atoms with Crippen molar-refractivity contribution in [3.05, 3.63) is 52.3 Å². The van der Waals surface area contributed by atoms with E-state index in [1.165, 1.54) is 41.8 Å². The van der Waals surface area contributed by atoms with Gasteiger partial charge in [-0.3, -0.25) is 9.88 Å². The largest absolute Gasteiger partial charge is 0.474 e. The Morgan fingerprint density at radius 3 is 3.04 bits per heavy atom. The SMILES string of the molecule is CN1C=COC1C1NN2CCN(Cc3cnc4c(c3)CCCC4)CC2=C1Cl. The molecule has 0 aromatic carbocycles. The predicted octanol–water partition coefficient (Wildman–Crippen LogP) is 2.17.